The summed E-state index contributed by atoms with van der Waals surface area (Å²) in [6.07, 6.45) is 14.0. The molecule has 0 aromatic carbocycles. The molecule has 8 heteroatoms. The van der Waals surface area contributed by atoms with E-state index in [4.69, 9.17) is 4.43 Å². The minimum atomic E-state index is -2.38. The van der Waals surface area contributed by atoms with E-state index in [1.807, 2.05) is 26.0 Å². The van der Waals surface area contributed by atoms with Crippen LogP contribution in [0, 0.1) is 5.92 Å². The van der Waals surface area contributed by atoms with Crippen LogP contribution < -0.4 is 10.6 Å². The average Bonchev–Trinajstić information content (AvgIpc) is 2.94. The fourth-order valence-corrected chi connectivity index (χ4v) is 20.3. The fraction of sp³-hybridized carbons (Fsp3) is 0.765. The van der Waals surface area contributed by atoms with Crippen molar-refractivity contribution in [2.24, 2.45) is 5.92 Å². The Bertz CT molecular complexity index is 857. The fourth-order valence-electron chi connectivity index (χ4n) is 4.66. The molecular weight excluding hydrogens is 647 g/mol. The summed E-state index contributed by atoms with van der Waals surface area (Å²) in [4.78, 5) is 23.9. The Kier molecular flexibility index (Phi) is 20.5. The first-order valence-electron chi connectivity index (χ1n) is 16.4. The van der Waals surface area contributed by atoms with Gasteiger partial charge in [0.1, 0.15) is 0 Å². The van der Waals surface area contributed by atoms with E-state index < -0.39 is 38.8 Å². The van der Waals surface area contributed by atoms with Crippen LogP contribution in [-0.4, -0.2) is 69.4 Å². The van der Waals surface area contributed by atoms with Gasteiger partial charge < -0.3 is 9.74 Å². The van der Waals surface area contributed by atoms with Gasteiger partial charge in [-0.1, -0.05) is 20.8 Å². The number of aliphatic hydroxyl groups is 1. The van der Waals surface area contributed by atoms with E-state index in [0.717, 1.165) is 11.1 Å². The number of hydrogen-bond acceptors (Lipinski definition) is 4. The molecule has 0 aliphatic rings. The van der Waals surface area contributed by atoms with Crippen LogP contribution in [0.4, 0.5) is 0 Å². The Hall–Kier alpha value is -0.904. The SMILES string of the molecule is CCC[CH2][Sn](/[CH]=C/[C@H](C)[C@H](O)/C(C)=C/C=C(\C)CNC(=O)[C@H](CO[Si](C)(C)C(C)(C)C)NC=O)([CH2]CCC)[CH2]CCC. The molecule has 244 valence electrons. The maximum absolute atomic E-state index is 12.8. The molecule has 42 heavy (non-hydrogen) atoms. The number of aliphatic hydroxyl groups excluding tert-OH is 1. The second-order valence-corrected chi connectivity index (χ2v) is 31.7. The Morgan fingerprint density at radius 2 is 1.50 bits per heavy atom. The van der Waals surface area contributed by atoms with Crippen LogP contribution >= 0.6 is 0 Å². The van der Waals surface area contributed by atoms with Crippen LogP contribution in [0.1, 0.15) is 101 Å². The third kappa shape index (κ3) is 15.7. The molecule has 0 saturated carbocycles. The van der Waals surface area contributed by atoms with Crippen molar-refractivity contribution in [2.75, 3.05) is 13.2 Å². The molecule has 0 spiro atoms. The van der Waals surface area contributed by atoms with Crippen molar-refractivity contribution in [1.29, 1.82) is 0 Å². The quantitative estimate of drug-likeness (QED) is 0.0602. The molecule has 0 bridgehead atoms. The topological polar surface area (TPSA) is 87.7 Å². The Morgan fingerprint density at radius 3 is 1.95 bits per heavy atom. The Balaban J connectivity index is 5.35. The summed E-state index contributed by atoms with van der Waals surface area (Å²) in [5, 5.41) is 16.6. The van der Waals surface area contributed by atoms with Gasteiger partial charge in [0, 0.05) is 0 Å². The van der Waals surface area contributed by atoms with Crippen LogP contribution in [-0.2, 0) is 14.0 Å². The molecule has 0 fully saturated rings. The molecule has 0 radical (unpaired) electrons. The van der Waals surface area contributed by atoms with E-state index in [2.05, 4.69) is 82.4 Å². The number of unbranched alkanes of at least 4 members (excludes halogenated alkanes) is 3. The van der Waals surface area contributed by atoms with Gasteiger partial charge >= 0.3 is 191 Å². The van der Waals surface area contributed by atoms with Gasteiger partial charge in [0.05, 0.1) is 6.61 Å². The predicted molar refractivity (Wildman–Crippen MR) is 186 cm³/mol. The van der Waals surface area contributed by atoms with Crippen molar-refractivity contribution in [3.8, 4) is 0 Å². The second kappa shape index (κ2) is 20.9. The van der Waals surface area contributed by atoms with Crippen LogP contribution in [0.5, 0.6) is 0 Å². The van der Waals surface area contributed by atoms with Gasteiger partial charge in [-0.3, -0.25) is 4.79 Å². The van der Waals surface area contributed by atoms with Gasteiger partial charge in [-0.25, -0.2) is 0 Å². The van der Waals surface area contributed by atoms with Crippen LogP contribution in [0.25, 0.3) is 0 Å². The number of nitrogens with one attached hydrogen (secondary N) is 2. The number of carbonyl (C=O) groups excluding carboxylic acids is 2. The first-order chi connectivity index (χ1) is 19.6. The summed E-state index contributed by atoms with van der Waals surface area (Å²) >= 11 is -2.38. The summed E-state index contributed by atoms with van der Waals surface area (Å²) < 4.78 is 13.1. The van der Waals surface area contributed by atoms with Crippen molar-refractivity contribution in [2.45, 2.75) is 144 Å². The molecule has 0 unspecified atom stereocenters. The number of rotatable bonds is 22. The molecule has 0 aliphatic heterocycles. The zero-order valence-electron chi connectivity index (χ0n) is 29.1. The first kappa shape index (κ1) is 41.1. The Morgan fingerprint density at radius 1 is 0.976 bits per heavy atom. The summed E-state index contributed by atoms with van der Waals surface area (Å²) in [5.41, 5.74) is 1.87. The van der Waals surface area contributed by atoms with E-state index in [9.17, 15) is 14.7 Å². The molecule has 3 atom stereocenters. The molecule has 0 heterocycles. The number of carbonyl (C=O) groups is 2. The van der Waals surface area contributed by atoms with E-state index in [-0.39, 0.29) is 23.5 Å². The third-order valence-electron chi connectivity index (χ3n) is 8.98. The maximum atomic E-state index is 12.8. The molecule has 0 aromatic heterocycles. The standard InChI is InChI=1S/C22H39N2O4Si.3C4H9.Sn/c1-10-17(3)20(26)18(4)12-11-16(2)13-23-21(27)19(24-15-25)14-28-29(8,9)22(5,6)7;3*1-3-4-2;/h1,10-12,15,17,19-20,26H,13-14H2,2-9H3,(H,23,27)(H,24,25);3*1,3-4H2,2H3;/b10-1?,16-11+,18-12+;;;;/t17-,19-,20-;;;;/m0..../s1. The van der Waals surface area contributed by atoms with E-state index in [1.54, 1.807) is 0 Å². The monoisotopic (exact) mass is 714 g/mol. The average molecular weight is 714 g/mol. The van der Waals surface area contributed by atoms with Crippen molar-refractivity contribution in [3.63, 3.8) is 0 Å². The predicted octanol–water partition coefficient (Wildman–Crippen LogP) is 8.07. The van der Waals surface area contributed by atoms with Crippen molar-refractivity contribution >= 4 is 39.0 Å². The summed E-state index contributed by atoms with van der Waals surface area (Å²) in [6.45, 7) is 24.1. The molecule has 3 N–H and O–H groups in total. The molecule has 6 nitrogen and oxygen atoms in total. The van der Waals surface area contributed by atoms with Gasteiger partial charge in [-0.2, -0.15) is 0 Å². The second-order valence-electron chi connectivity index (χ2n) is 13.9. The van der Waals surface area contributed by atoms with Gasteiger partial charge in [0.25, 0.3) is 0 Å². The molecule has 0 aromatic rings. The molecule has 0 saturated heterocycles. The van der Waals surface area contributed by atoms with Crippen molar-refractivity contribution in [3.05, 3.63) is 33.5 Å². The van der Waals surface area contributed by atoms with E-state index in [1.165, 1.54) is 51.8 Å². The number of hydrogen-bond donors (Lipinski definition) is 3. The summed E-state index contributed by atoms with van der Waals surface area (Å²) in [6, 6.07) is -0.736. The third-order valence-corrected chi connectivity index (χ3v) is 27.6. The van der Waals surface area contributed by atoms with Crippen LogP contribution in [0.3, 0.4) is 0 Å². The summed E-state index contributed by atoms with van der Waals surface area (Å²) in [5.74, 6) is -0.205. The normalized spacial score (nSPS) is 15.9. The molecule has 2 amide bonds. The number of allylic oxidation sites excluding steroid dienone is 2. The van der Waals surface area contributed by atoms with Crippen LogP contribution in [0.15, 0.2) is 33.5 Å². The first-order valence-corrected chi connectivity index (χ1v) is 27.0. The molecule has 0 rings (SSSR count). The zero-order valence-corrected chi connectivity index (χ0v) is 32.9. The molecular formula is C34H66N2O4SiSn. The van der Waals surface area contributed by atoms with Gasteiger partial charge in [-0.15, -0.1) is 0 Å². The van der Waals surface area contributed by atoms with Gasteiger partial charge in [0.2, 0.25) is 6.41 Å². The minimum absolute atomic E-state index is 0.0157. The van der Waals surface area contributed by atoms with Crippen molar-refractivity contribution < 1.29 is 19.1 Å². The number of amides is 2. The zero-order chi connectivity index (χ0) is 32.4. The Labute approximate surface area is 264 Å². The van der Waals surface area contributed by atoms with Crippen molar-refractivity contribution in [1.82, 2.24) is 10.6 Å². The van der Waals surface area contributed by atoms with Gasteiger partial charge in [-0.05, 0) is 18.1 Å². The van der Waals surface area contributed by atoms with Crippen LogP contribution in [0.2, 0.25) is 31.4 Å². The summed E-state index contributed by atoms with van der Waals surface area (Å²) in [7, 11) is -2.05. The van der Waals surface area contributed by atoms with E-state index in [0.29, 0.717) is 13.0 Å². The van der Waals surface area contributed by atoms with E-state index >= 15 is 0 Å². The van der Waals surface area contributed by atoms with Gasteiger partial charge in [0.15, 0.2) is 8.32 Å². The molecule has 0 aliphatic carbocycles.